The van der Waals surface area contributed by atoms with Crippen LogP contribution in [0, 0.1) is 17.6 Å². The fourth-order valence-electron chi connectivity index (χ4n) is 1.97. The van der Waals surface area contributed by atoms with Gasteiger partial charge in [-0.3, -0.25) is 4.79 Å². The third-order valence-electron chi connectivity index (χ3n) is 3.00. The topological polar surface area (TPSA) is 55.1 Å². The second kappa shape index (κ2) is 7.84. The molecule has 1 amide bonds. The highest BCUT2D eigenvalue weighted by molar-refractivity contribution is 5.94. The fourth-order valence-corrected chi connectivity index (χ4v) is 1.97. The van der Waals surface area contributed by atoms with Crippen LogP contribution in [0.5, 0.6) is 0 Å². The number of carbonyl (C=O) groups excluding carboxylic acids is 1. The largest absolute Gasteiger partial charge is 0.352 e. The molecule has 0 aromatic heterocycles. The highest BCUT2D eigenvalue weighted by Crippen LogP contribution is 2.11. The Kier molecular flexibility index (Phi) is 6.42. The van der Waals surface area contributed by atoms with Crippen LogP contribution in [0.1, 0.15) is 36.5 Å². The molecule has 0 heterocycles. The number of amides is 1. The SMILES string of the molecule is CCCC(CCN)CNC(=O)c1ccc(F)c(F)c1. The van der Waals surface area contributed by atoms with Crippen molar-refractivity contribution in [3.63, 3.8) is 0 Å². The van der Waals surface area contributed by atoms with Gasteiger partial charge in [-0.05, 0) is 43.5 Å². The Morgan fingerprint density at radius 3 is 2.63 bits per heavy atom. The normalized spacial score (nSPS) is 12.2. The summed E-state index contributed by atoms with van der Waals surface area (Å²) >= 11 is 0. The molecule has 0 saturated carbocycles. The van der Waals surface area contributed by atoms with Crippen LogP contribution in [-0.4, -0.2) is 19.0 Å². The predicted molar refractivity (Wildman–Crippen MR) is 70.8 cm³/mol. The van der Waals surface area contributed by atoms with E-state index in [4.69, 9.17) is 5.73 Å². The van der Waals surface area contributed by atoms with Crippen molar-refractivity contribution in [1.82, 2.24) is 5.32 Å². The van der Waals surface area contributed by atoms with Crippen molar-refractivity contribution in [3.05, 3.63) is 35.4 Å². The van der Waals surface area contributed by atoms with Crippen molar-refractivity contribution < 1.29 is 13.6 Å². The molecular formula is C14H20F2N2O. The Bertz CT molecular complexity index is 418. The quantitative estimate of drug-likeness (QED) is 0.799. The predicted octanol–water partition coefficient (Wildman–Crippen LogP) is 2.46. The number of hydrogen-bond donors (Lipinski definition) is 2. The molecule has 1 atom stereocenters. The number of hydrogen-bond acceptors (Lipinski definition) is 2. The summed E-state index contributed by atoms with van der Waals surface area (Å²) in [7, 11) is 0. The first kappa shape index (κ1) is 15.6. The maximum atomic E-state index is 13.0. The molecule has 1 aromatic rings. The monoisotopic (exact) mass is 270 g/mol. The molecule has 0 spiro atoms. The molecule has 3 nitrogen and oxygen atoms in total. The van der Waals surface area contributed by atoms with Crippen LogP contribution in [0.3, 0.4) is 0 Å². The summed E-state index contributed by atoms with van der Waals surface area (Å²) < 4.78 is 25.8. The van der Waals surface area contributed by atoms with Crippen molar-refractivity contribution in [3.8, 4) is 0 Å². The summed E-state index contributed by atoms with van der Waals surface area (Å²) in [6.07, 6.45) is 2.84. The molecule has 5 heteroatoms. The van der Waals surface area contributed by atoms with Gasteiger partial charge in [-0.15, -0.1) is 0 Å². The Labute approximate surface area is 112 Å². The number of carbonyl (C=O) groups is 1. The molecule has 0 radical (unpaired) electrons. The van der Waals surface area contributed by atoms with Crippen LogP contribution in [0.15, 0.2) is 18.2 Å². The van der Waals surface area contributed by atoms with Gasteiger partial charge < -0.3 is 11.1 Å². The van der Waals surface area contributed by atoms with Gasteiger partial charge >= 0.3 is 0 Å². The van der Waals surface area contributed by atoms with Gasteiger partial charge in [0.2, 0.25) is 0 Å². The van der Waals surface area contributed by atoms with E-state index in [-0.39, 0.29) is 5.56 Å². The van der Waals surface area contributed by atoms with Crippen LogP contribution < -0.4 is 11.1 Å². The third-order valence-corrected chi connectivity index (χ3v) is 3.00. The van der Waals surface area contributed by atoms with Gasteiger partial charge in [0.25, 0.3) is 5.91 Å². The van der Waals surface area contributed by atoms with E-state index in [1.807, 2.05) is 0 Å². The van der Waals surface area contributed by atoms with E-state index in [2.05, 4.69) is 12.2 Å². The number of benzene rings is 1. The highest BCUT2D eigenvalue weighted by atomic mass is 19.2. The first-order valence-corrected chi connectivity index (χ1v) is 6.51. The van der Waals surface area contributed by atoms with Crippen molar-refractivity contribution in [2.24, 2.45) is 11.7 Å². The minimum Gasteiger partial charge on any atom is -0.352 e. The minimum absolute atomic E-state index is 0.127. The van der Waals surface area contributed by atoms with Gasteiger partial charge in [-0.2, -0.15) is 0 Å². The average molecular weight is 270 g/mol. The van der Waals surface area contributed by atoms with Crippen molar-refractivity contribution in [1.29, 1.82) is 0 Å². The minimum atomic E-state index is -1.01. The standard InChI is InChI=1S/C14H20F2N2O/c1-2-3-10(6-7-17)9-18-14(19)11-4-5-12(15)13(16)8-11/h4-5,8,10H,2-3,6-7,9,17H2,1H3,(H,18,19). The van der Waals surface area contributed by atoms with Crippen LogP contribution in [0.2, 0.25) is 0 Å². The first-order valence-electron chi connectivity index (χ1n) is 6.51. The van der Waals surface area contributed by atoms with Crippen LogP contribution in [0.25, 0.3) is 0 Å². The van der Waals surface area contributed by atoms with E-state index in [1.54, 1.807) is 0 Å². The van der Waals surface area contributed by atoms with Crippen molar-refractivity contribution in [2.45, 2.75) is 26.2 Å². The number of halogens is 2. The maximum Gasteiger partial charge on any atom is 0.251 e. The molecule has 0 aliphatic carbocycles. The molecule has 0 aliphatic rings. The van der Waals surface area contributed by atoms with E-state index in [9.17, 15) is 13.6 Å². The molecule has 106 valence electrons. The number of rotatable bonds is 7. The molecule has 1 aromatic carbocycles. The second-order valence-electron chi connectivity index (χ2n) is 4.57. The summed E-state index contributed by atoms with van der Waals surface area (Å²) in [6, 6.07) is 3.13. The Morgan fingerprint density at radius 2 is 2.05 bits per heavy atom. The lowest BCUT2D eigenvalue weighted by atomic mass is 10.00. The molecule has 0 saturated heterocycles. The molecule has 0 bridgehead atoms. The van der Waals surface area contributed by atoms with Crippen LogP contribution in [0.4, 0.5) is 8.78 Å². The summed E-state index contributed by atoms with van der Waals surface area (Å²) in [4.78, 5) is 11.8. The van der Waals surface area contributed by atoms with E-state index in [0.717, 1.165) is 31.4 Å². The van der Waals surface area contributed by atoms with Crippen molar-refractivity contribution >= 4 is 5.91 Å². The lowest BCUT2D eigenvalue weighted by Crippen LogP contribution is -2.30. The second-order valence-corrected chi connectivity index (χ2v) is 4.57. The number of nitrogens with two attached hydrogens (primary N) is 1. The van der Waals surface area contributed by atoms with Gasteiger partial charge in [0, 0.05) is 12.1 Å². The third kappa shape index (κ3) is 4.95. The van der Waals surface area contributed by atoms with Gasteiger partial charge in [0.15, 0.2) is 11.6 Å². The van der Waals surface area contributed by atoms with Gasteiger partial charge in [0.05, 0.1) is 0 Å². The van der Waals surface area contributed by atoms with Gasteiger partial charge in [0.1, 0.15) is 0 Å². The van der Waals surface area contributed by atoms with Gasteiger partial charge in [-0.25, -0.2) is 8.78 Å². The van der Waals surface area contributed by atoms with E-state index >= 15 is 0 Å². The number of nitrogens with one attached hydrogen (secondary N) is 1. The Hall–Kier alpha value is -1.49. The Morgan fingerprint density at radius 1 is 1.32 bits per heavy atom. The molecule has 19 heavy (non-hydrogen) atoms. The Balaban J connectivity index is 2.56. The lowest BCUT2D eigenvalue weighted by Gasteiger charge is -2.15. The summed E-state index contributed by atoms with van der Waals surface area (Å²) in [5, 5.41) is 2.73. The van der Waals surface area contributed by atoms with Crippen molar-refractivity contribution in [2.75, 3.05) is 13.1 Å². The highest BCUT2D eigenvalue weighted by Gasteiger charge is 2.12. The molecule has 0 aliphatic heterocycles. The van der Waals surface area contributed by atoms with E-state index in [1.165, 1.54) is 6.07 Å². The molecule has 3 N–H and O–H groups in total. The smallest absolute Gasteiger partial charge is 0.251 e. The van der Waals surface area contributed by atoms with E-state index < -0.39 is 17.5 Å². The lowest BCUT2D eigenvalue weighted by molar-refractivity contribution is 0.0945. The zero-order valence-corrected chi connectivity index (χ0v) is 11.1. The zero-order chi connectivity index (χ0) is 14.3. The van der Waals surface area contributed by atoms with E-state index in [0.29, 0.717) is 19.0 Å². The van der Waals surface area contributed by atoms with Crippen LogP contribution in [-0.2, 0) is 0 Å². The summed E-state index contributed by atoms with van der Waals surface area (Å²) in [5.74, 6) is -2.04. The summed E-state index contributed by atoms with van der Waals surface area (Å²) in [5.41, 5.74) is 5.64. The molecule has 0 fully saturated rings. The molecule has 1 unspecified atom stereocenters. The van der Waals surface area contributed by atoms with Crippen LogP contribution >= 0.6 is 0 Å². The molecular weight excluding hydrogens is 250 g/mol. The fraction of sp³-hybridized carbons (Fsp3) is 0.500. The summed E-state index contributed by atoms with van der Waals surface area (Å²) in [6.45, 7) is 3.15. The first-order chi connectivity index (χ1) is 9.08. The van der Waals surface area contributed by atoms with Gasteiger partial charge in [-0.1, -0.05) is 13.3 Å². The zero-order valence-electron chi connectivity index (χ0n) is 11.1. The maximum absolute atomic E-state index is 13.0. The molecule has 1 rings (SSSR count). The average Bonchev–Trinajstić information content (AvgIpc) is 2.39.